The number of carbonyl (C=O) groups excluding carboxylic acids is 1. The van der Waals surface area contributed by atoms with Gasteiger partial charge in [0, 0.05) is 48.3 Å². The molecule has 0 saturated carbocycles. The molecule has 2 unspecified atom stereocenters. The van der Waals surface area contributed by atoms with Crippen LogP contribution >= 0.6 is 0 Å². The van der Waals surface area contributed by atoms with Gasteiger partial charge in [-0.25, -0.2) is 0 Å². The number of hydrogen-bond donors (Lipinski definition) is 0. The van der Waals surface area contributed by atoms with Crippen molar-refractivity contribution in [2.75, 3.05) is 13.1 Å². The molecule has 2 atom stereocenters. The van der Waals surface area contributed by atoms with Crippen LogP contribution in [0, 0.1) is 12.8 Å². The number of fused-ring (bicyclic) bond motifs is 5. The summed E-state index contributed by atoms with van der Waals surface area (Å²) in [5.74, 6) is 1.40. The maximum absolute atomic E-state index is 13.8. The lowest BCUT2D eigenvalue weighted by atomic mass is 9.83. The van der Waals surface area contributed by atoms with Gasteiger partial charge in [0.15, 0.2) is 5.76 Å². The number of furan rings is 1. The molecule has 1 saturated heterocycles. The number of hydrogen-bond acceptors (Lipinski definition) is 4. The largest absolute Gasteiger partial charge is 0.489 e. The van der Waals surface area contributed by atoms with E-state index in [0.29, 0.717) is 31.0 Å². The number of carbonyl (C=O) groups is 1. The molecule has 6 heteroatoms. The van der Waals surface area contributed by atoms with Crippen molar-refractivity contribution >= 4 is 16.9 Å². The van der Waals surface area contributed by atoms with Crippen LogP contribution in [0.1, 0.15) is 39.7 Å². The highest BCUT2D eigenvalue weighted by molar-refractivity contribution is 5.99. The standard InChI is InChI=1S/C28H26N2O4/c1-18-9-11-21(12-10-18)33-17-23-22-5-2-3-7-25(22)34-27(23)28(32)29-14-19-13-20(16-29)24-6-4-8-26(31)30(24)15-19/h2-12,19-20H,13-17H2,1H3. The third kappa shape index (κ3) is 3.59. The first-order valence-electron chi connectivity index (χ1n) is 11.8. The molecule has 4 aromatic rings. The number of amides is 1. The van der Waals surface area contributed by atoms with E-state index in [1.165, 1.54) is 0 Å². The fourth-order valence-corrected chi connectivity index (χ4v) is 5.41. The average Bonchev–Trinajstić information content (AvgIpc) is 3.22. The topological polar surface area (TPSA) is 64.7 Å². The van der Waals surface area contributed by atoms with E-state index in [4.69, 9.17) is 9.15 Å². The number of para-hydroxylation sites is 1. The van der Waals surface area contributed by atoms with Gasteiger partial charge in [0.2, 0.25) is 0 Å². The SMILES string of the molecule is Cc1ccc(OCc2c(C(=O)N3CC4CC(C3)c3cccc(=O)n3C4)oc3ccccc23)cc1. The van der Waals surface area contributed by atoms with E-state index in [2.05, 4.69) is 0 Å². The highest BCUT2D eigenvalue weighted by Gasteiger charge is 2.38. The van der Waals surface area contributed by atoms with Gasteiger partial charge in [-0.2, -0.15) is 0 Å². The number of nitrogens with zero attached hydrogens (tertiary/aromatic N) is 2. The van der Waals surface area contributed by atoms with Crippen LogP contribution in [0.25, 0.3) is 11.0 Å². The zero-order valence-electron chi connectivity index (χ0n) is 19.1. The lowest BCUT2D eigenvalue weighted by molar-refractivity contribution is 0.0562. The minimum Gasteiger partial charge on any atom is -0.489 e. The fourth-order valence-electron chi connectivity index (χ4n) is 5.41. The van der Waals surface area contributed by atoms with Gasteiger partial charge < -0.3 is 18.6 Å². The molecular weight excluding hydrogens is 428 g/mol. The second kappa shape index (κ2) is 8.20. The zero-order valence-corrected chi connectivity index (χ0v) is 19.1. The van der Waals surface area contributed by atoms with Crippen molar-refractivity contribution in [2.45, 2.75) is 32.4 Å². The maximum atomic E-state index is 13.8. The van der Waals surface area contributed by atoms with Crippen molar-refractivity contribution in [3.05, 3.63) is 99.7 Å². The molecule has 2 aromatic carbocycles. The lowest BCUT2D eigenvalue weighted by Crippen LogP contribution is -2.49. The van der Waals surface area contributed by atoms with Crippen LogP contribution in [0.15, 0.2) is 75.9 Å². The van der Waals surface area contributed by atoms with Gasteiger partial charge in [-0.1, -0.05) is 42.0 Å². The summed E-state index contributed by atoms with van der Waals surface area (Å²) in [7, 11) is 0. The number of rotatable bonds is 4. The van der Waals surface area contributed by atoms with E-state index in [-0.39, 0.29) is 29.9 Å². The van der Waals surface area contributed by atoms with Crippen LogP contribution in [-0.2, 0) is 13.2 Å². The second-order valence-corrected chi connectivity index (χ2v) is 9.42. The normalized spacial score (nSPS) is 19.1. The van der Waals surface area contributed by atoms with Crippen LogP contribution in [0.5, 0.6) is 5.75 Å². The Kier molecular flexibility index (Phi) is 5.01. The van der Waals surface area contributed by atoms with Gasteiger partial charge in [-0.05, 0) is 43.5 Å². The van der Waals surface area contributed by atoms with Crippen molar-refractivity contribution in [3.8, 4) is 5.75 Å². The first-order valence-corrected chi connectivity index (χ1v) is 11.8. The Hall–Kier alpha value is -3.80. The monoisotopic (exact) mass is 454 g/mol. The fraction of sp³-hybridized carbons (Fsp3) is 0.286. The van der Waals surface area contributed by atoms with Crippen molar-refractivity contribution in [1.82, 2.24) is 9.47 Å². The van der Waals surface area contributed by atoms with E-state index in [0.717, 1.165) is 34.4 Å². The first-order chi connectivity index (χ1) is 16.6. The third-order valence-corrected chi connectivity index (χ3v) is 7.06. The molecule has 2 aliphatic rings. The number of aromatic nitrogens is 1. The zero-order chi connectivity index (χ0) is 23.2. The molecule has 1 amide bonds. The summed E-state index contributed by atoms with van der Waals surface area (Å²) in [4.78, 5) is 28.0. The van der Waals surface area contributed by atoms with E-state index >= 15 is 0 Å². The van der Waals surface area contributed by atoms with Crippen molar-refractivity contribution < 1.29 is 13.9 Å². The Labute approximate surface area is 197 Å². The summed E-state index contributed by atoms with van der Waals surface area (Å²) in [5, 5.41) is 0.895. The molecule has 6 nitrogen and oxygen atoms in total. The Morgan fingerprint density at radius 1 is 1.00 bits per heavy atom. The molecule has 4 heterocycles. The van der Waals surface area contributed by atoms with Gasteiger partial charge in [-0.3, -0.25) is 9.59 Å². The highest BCUT2D eigenvalue weighted by Crippen LogP contribution is 2.36. The van der Waals surface area contributed by atoms with Crippen LogP contribution in [0.2, 0.25) is 0 Å². The van der Waals surface area contributed by atoms with E-state index in [1.54, 1.807) is 6.07 Å². The summed E-state index contributed by atoms with van der Waals surface area (Å²) in [6, 6.07) is 21.0. The number of benzene rings is 2. The first kappa shape index (κ1) is 20.8. The number of likely N-dealkylation sites (tertiary alicyclic amines) is 1. The minimum atomic E-state index is -0.111. The summed E-state index contributed by atoms with van der Waals surface area (Å²) >= 11 is 0. The van der Waals surface area contributed by atoms with Gasteiger partial charge in [0.25, 0.3) is 11.5 Å². The molecule has 0 radical (unpaired) electrons. The lowest BCUT2D eigenvalue weighted by Gasteiger charge is -2.42. The summed E-state index contributed by atoms with van der Waals surface area (Å²) in [5.41, 5.74) is 3.68. The van der Waals surface area contributed by atoms with Crippen LogP contribution in [0.3, 0.4) is 0 Å². The van der Waals surface area contributed by atoms with Crippen molar-refractivity contribution in [2.24, 2.45) is 5.92 Å². The highest BCUT2D eigenvalue weighted by atomic mass is 16.5. The molecule has 0 N–H and O–H groups in total. The van der Waals surface area contributed by atoms with Crippen molar-refractivity contribution in [3.63, 3.8) is 0 Å². The predicted molar refractivity (Wildman–Crippen MR) is 129 cm³/mol. The summed E-state index contributed by atoms with van der Waals surface area (Å²) in [6.07, 6.45) is 0.997. The molecule has 1 fully saturated rings. The molecule has 34 heavy (non-hydrogen) atoms. The Balaban J connectivity index is 1.31. The van der Waals surface area contributed by atoms with E-state index < -0.39 is 0 Å². The molecule has 6 rings (SSSR count). The Morgan fingerprint density at radius 3 is 2.68 bits per heavy atom. The van der Waals surface area contributed by atoms with Crippen LogP contribution in [0.4, 0.5) is 0 Å². The van der Waals surface area contributed by atoms with Crippen LogP contribution < -0.4 is 10.3 Å². The molecular formula is C28H26N2O4. The van der Waals surface area contributed by atoms with Gasteiger partial charge in [0.1, 0.15) is 17.9 Å². The minimum absolute atomic E-state index is 0.0415. The quantitative estimate of drug-likeness (QED) is 0.447. The number of piperidine rings is 1. The van der Waals surface area contributed by atoms with Gasteiger partial charge in [0.05, 0.1) is 0 Å². The van der Waals surface area contributed by atoms with E-state index in [1.807, 2.05) is 77.1 Å². The Morgan fingerprint density at radius 2 is 1.82 bits per heavy atom. The molecule has 0 spiro atoms. The molecule has 0 aliphatic carbocycles. The molecule has 172 valence electrons. The Bertz CT molecular complexity index is 1430. The van der Waals surface area contributed by atoms with Crippen LogP contribution in [-0.4, -0.2) is 28.5 Å². The van der Waals surface area contributed by atoms with Crippen molar-refractivity contribution in [1.29, 1.82) is 0 Å². The smallest absolute Gasteiger partial charge is 0.290 e. The average molecular weight is 455 g/mol. The molecule has 2 bridgehead atoms. The van der Waals surface area contributed by atoms with Gasteiger partial charge in [-0.15, -0.1) is 0 Å². The molecule has 2 aliphatic heterocycles. The summed E-state index contributed by atoms with van der Waals surface area (Å²) in [6.45, 7) is 4.13. The maximum Gasteiger partial charge on any atom is 0.290 e. The number of aryl methyl sites for hydroxylation is 1. The summed E-state index contributed by atoms with van der Waals surface area (Å²) < 4.78 is 14.0. The van der Waals surface area contributed by atoms with E-state index in [9.17, 15) is 9.59 Å². The third-order valence-electron chi connectivity index (χ3n) is 7.06. The second-order valence-electron chi connectivity index (χ2n) is 9.42. The molecule has 2 aromatic heterocycles. The van der Waals surface area contributed by atoms with Gasteiger partial charge >= 0.3 is 0 Å². The predicted octanol–water partition coefficient (Wildman–Crippen LogP) is 4.74. The number of pyridine rings is 1. The number of ether oxygens (including phenoxy) is 1.